The van der Waals surface area contributed by atoms with Crippen LogP contribution in [0.3, 0.4) is 0 Å². The molecular formula is C19H30O2. The molecule has 0 radical (unpaired) electrons. The molecule has 0 heterocycles. The van der Waals surface area contributed by atoms with Crippen molar-refractivity contribution >= 4 is 5.97 Å². The predicted octanol–water partition coefficient (Wildman–Crippen LogP) is 5.21. The SMILES string of the molecule is CC1=CC=C([C@H](C)CC/C=C(/C)COC(=O)C(C)C)CC1. The van der Waals surface area contributed by atoms with E-state index in [1.807, 2.05) is 20.8 Å². The highest BCUT2D eigenvalue weighted by atomic mass is 16.5. The highest BCUT2D eigenvalue weighted by Crippen LogP contribution is 2.27. The molecule has 0 saturated carbocycles. The molecule has 0 N–H and O–H groups in total. The zero-order chi connectivity index (χ0) is 15.8. The van der Waals surface area contributed by atoms with Crippen LogP contribution in [0.15, 0.2) is 34.9 Å². The average molecular weight is 290 g/mol. The minimum atomic E-state index is -0.120. The lowest BCUT2D eigenvalue weighted by atomic mass is 9.88. The summed E-state index contributed by atoms with van der Waals surface area (Å²) in [6, 6.07) is 0. The molecule has 0 aromatic rings. The first-order valence-electron chi connectivity index (χ1n) is 8.08. The van der Waals surface area contributed by atoms with Crippen LogP contribution in [0.25, 0.3) is 0 Å². The molecule has 0 aromatic heterocycles. The first-order chi connectivity index (χ1) is 9.90. The van der Waals surface area contributed by atoms with Crippen LogP contribution in [-0.2, 0) is 9.53 Å². The lowest BCUT2D eigenvalue weighted by Gasteiger charge is -2.18. The van der Waals surface area contributed by atoms with Crippen molar-refractivity contribution in [2.45, 2.75) is 60.3 Å². The maximum absolute atomic E-state index is 11.4. The third kappa shape index (κ3) is 6.79. The quantitative estimate of drug-likeness (QED) is 0.475. The van der Waals surface area contributed by atoms with Gasteiger partial charge < -0.3 is 4.74 Å². The second-order valence-corrected chi connectivity index (χ2v) is 6.55. The Morgan fingerprint density at radius 3 is 2.57 bits per heavy atom. The molecule has 0 aromatic carbocycles. The van der Waals surface area contributed by atoms with E-state index >= 15 is 0 Å². The Bertz CT molecular complexity index is 438. The first-order valence-corrected chi connectivity index (χ1v) is 8.08. The van der Waals surface area contributed by atoms with E-state index in [1.54, 1.807) is 5.57 Å². The standard InChI is InChI=1S/C19H30O2/c1-14(2)19(20)21-13-16(4)7-6-8-17(5)18-11-9-15(3)10-12-18/h7,9,11,14,17H,6,8,10,12-13H2,1-5H3/b16-7-/t17-/m1/s1. The monoisotopic (exact) mass is 290 g/mol. The van der Waals surface area contributed by atoms with Gasteiger partial charge in [-0.2, -0.15) is 0 Å². The largest absolute Gasteiger partial charge is 0.461 e. The van der Waals surface area contributed by atoms with Crippen molar-refractivity contribution in [1.82, 2.24) is 0 Å². The fourth-order valence-corrected chi connectivity index (χ4v) is 2.34. The van der Waals surface area contributed by atoms with Crippen LogP contribution in [0.1, 0.15) is 60.3 Å². The minimum absolute atomic E-state index is 0.0485. The maximum atomic E-state index is 11.4. The molecule has 118 valence electrons. The van der Waals surface area contributed by atoms with E-state index < -0.39 is 0 Å². The van der Waals surface area contributed by atoms with Crippen LogP contribution in [0.4, 0.5) is 0 Å². The number of hydrogen-bond acceptors (Lipinski definition) is 2. The Morgan fingerprint density at radius 2 is 2.00 bits per heavy atom. The first kappa shape index (κ1) is 17.7. The molecule has 21 heavy (non-hydrogen) atoms. The number of esters is 1. The summed E-state index contributed by atoms with van der Waals surface area (Å²) in [5.41, 5.74) is 4.19. The molecule has 1 atom stereocenters. The Hall–Kier alpha value is -1.31. The lowest BCUT2D eigenvalue weighted by molar-refractivity contribution is -0.146. The van der Waals surface area contributed by atoms with Gasteiger partial charge in [0.1, 0.15) is 6.61 Å². The van der Waals surface area contributed by atoms with Crippen molar-refractivity contribution in [2.24, 2.45) is 11.8 Å². The number of carbonyl (C=O) groups excluding carboxylic acids is 1. The molecule has 1 rings (SSSR count). The number of hydrogen-bond donors (Lipinski definition) is 0. The molecule has 0 amide bonds. The van der Waals surface area contributed by atoms with E-state index in [4.69, 9.17) is 4.74 Å². The summed E-state index contributed by atoms with van der Waals surface area (Å²) in [7, 11) is 0. The van der Waals surface area contributed by atoms with Gasteiger partial charge in [0.25, 0.3) is 0 Å². The van der Waals surface area contributed by atoms with Crippen molar-refractivity contribution in [3.05, 3.63) is 34.9 Å². The van der Waals surface area contributed by atoms with Crippen LogP contribution >= 0.6 is 0 Å². The van der Waals surface area contributed by atoms with Crippen molar-refractivity contribution < 1.29 is 9.53 Å². The van der Waals surface area contributed by atoms with Crippen molar-refractivity contribution in [3.63, 3.8) is 0 Å². The molecule has 1 aliphatic carbocycles. The summed E-state index contributed by atoms with van der Waals surface area (Å²) in [5.74, 6) is 0.467. The second-order valence-electron chi connectivity index (χ2n) is 6.55. The molecular weight excluding hydrogens is 260 g/mol. The van der Waals surface area contributed by atoms with E-state index in [2.05, 4.69) is 32.1 Å². The maximum Gasteiger partial charge on any atom is 0.308 e. The summed E-state index contributed by atoms with van der Waals surface area (Å²) in [5, 5.41) is 0. The zero-order valence-electron chi connectivity index (χ0n) is 14.2. The molecule has 2 heteroatoms. The zero-order valence-corrected chi connectivity index (χ0v) is 14.2. The van der Waals surface area contributed by atoms with Crippen LogP contribution < -0.4 is 0 Å². The van der Waals surface area contributed by atoms with E-state index in [0.29, 0.717) is 12.5 Å². The van der Waals surface area contributed by atoms with E-state index in [9.17, 15) is 4.79 Å². The number of rotatable bonds is 7. The van der Waals surface area contributed by atoms with Crippen LogP contribution in [0, 0.1) is 11.8 Å². The lowest BCUT2D eigenvalue weighted by Crippen LogP contribution is -2.12. The van der Waals surface area contributed by atoms with Crippen LogP contribution in [0.5, 0.6) is 0 Å². The van der Waals surface area contributed by atoms with Crippen molar-refractivity contribution in [1.29, 1.82) is 0 Å². The highest BCUT2D eigenvalue weighted by Gasteiger charge is 2.11. The van der Waals surface area contributed by atoms with Gasteiger partial charge in [0, 0.05) is 0 Å². The van der Waals surface area contributed by atoms with Crippen molar-refractivity contribution in [2.75, 3.05) is 6.61 Å². The molecule has 0 fully saturated rings. The summed E-state index contributed by atoms with van der Waals surface area (Å²) in [6.07, 6.45) is 11.4. The molecule has 1 aliphatic rings. The average Bonchev–Trinajstić information content (AvgIpc) is 2.45. The Balaban J connectivity index is 2.31. The molecule has 0 bridgehead atoms. The highest BCUT2D eigenvalue weighted by molar-refractivity contribution is 5.71. The van der Waals surface area contributed by atoms with Gasteiger partial charge in [-0.3, -0.25) is 4.79 Å². The number of allylic oxidation sites excluding steroid dienone is 5. The van der Waals surface area contributed by atoms with Crippen LogP contribution in [0.2, 0.25) is 0 Å². The molecule has 2 nitrogen and oxygen atoms in total. The van der Waals surface area contributed by atoms with Gasteiger partial charge in [-0.05, 0) is 51.0 Å². The van der Waals surface area contributed by atoms with Gasteiger partial charge in [0.15, 0.2) is 0 Å². The molecule has 0 aliphatic heterocycles. The number of ether oxygens (including phenoxy) is 1. The van der Waals surface area contributed by atoms with Gasteiger partial charge in [0.05, 0.1) is 5.92 Å². The fourth-order valence-electron chi connectivity index (χ4n) is 2.34. The Kier molecular flexibility index (Phi) is 7.49. The Morgan fingerprint density at radius 1 is 1.29 bits per heavy atom. The second kappa shape index (κ2) is 8.86. The van der Waals surface area contributed by atoms with Crippen molar-refractivity contribution in [3.8, 4) is 0 Å². The normalized spacial score (nSPS) is 17.3. The van der Waals surface area contributed by atoms with Gasteiger partial charge >= 0.3 is 5.97 Å². The van der Waals surface area contributed by atoms with E-state index in [-0.39, 0.29) is 11.9 Å². The summed E-state index contributed by atoms with van der Waals surface area (Å²) < 4.78 is 5.22. The third-order valence-corrected chi connectivity index (χ3v) is 4.03. The Labute approximate surface area is 130 Å². The third-order valence-electron chi connectivity index (χ3n) is 4.03. The molecule has 0 unspecified atom stereocenters. The van der Waals surface area contributed by atoms with E-state index in [0.717, 1.165) is 18.4 Å². The van der Waals surface area contributed by atoms with Gasteiger partial charge in [-0.15, -0.1) is 0 Å². The van der Waals surface area contributed by atoms with Crippen LogP contribution in [-0.4, -0.2) is 12.6 Å². The van der Waals surface area contributed by atoms with Gasteiger partial charge in [0.2, 0.25) is 0 Å². The topological polar surface area (TPSA) is 26.3 Å². The molecule has 0 saturated heterocycles. The minimum Gasteiger partial charge on any atom is -0.461 e. The molecule has 0 spiro atoms. The van der Waals surface area contributed by atoms with Gasteiger partial charge in [-0.1, -0.05) is 50.1 Å². The smallest absolute Gasteiger partial charge is 0.308 e. The fraction of sp³-hybridized carbons (Fsp3) is 0.632. The predicted molar refractivity (Wildman–Crippen MR) is 89.0 cm³/mol. The van der Waals surface area contributed by atoms with E-state index in [1.165, 1.54) is 18.4 Å². The summed E-state index contributed by atoms with van der Waals surface area (Å²) in [4.78, 5) is 11.4. The van der Waals surface area contributed by atoms with Gasteiger partial charge in [-0.25, -0.2) is 0 Å². The summed E-state index contributed by atoms with van der Waals surface area (Å²) in [6.45, 7) is 10.7. The summed E-state index contributed by atoms with van der Waals surface area (Å²) >= 11 is 0. The number of carbonyl (C=O) groups is 1.